The van der Waals surface area contributed by atoms with Crippen LogP contribution in [0, 0.1) is 0 Å². The Bertz CT molecular complexity index is 531. The van der Waals surface area contributed by atoms with E-state index in [0.29, 0.717) is 26.3 Å². The minimum atomic E-state index is -3.62. The van der Waals surface area contributed by atoms with Crippen LogP contribution in [0.5, 0.6) is 0 Å². The quantitative estimate of drug-likeness (QED) is 0.455. The third-order valence-electron chi connectivity index (χ3n) is 3.02. The first-order valence-corrected chi connectivity index (χ1v) is 7.83. The standard InChI is InChI=1S/C11H19N5O3S/c12-15-11-10(2-1-3-13-11)20(17,18)14-4-5-16-6-8-19-9-7-16/h1-3,14H,4-9,12H2,(H,13,15). The lowest BCUT2D eigenvalue weighted by molar-refractivity contribution is 0.0390. The molecule has 0 aromatic carbocycles. The van der Waals surface area contributed by atoms with Gasteiger partial charge in [-0.25, -0.2) is 24.0 Å². The number of sulfonamides is 1. The zero-order chi connectivity index (χ0) is 14.4. The van der Waals surface area contributed by atoms with Crippen molar-refractivity contribution in [2.24, 2.45) is 5.84 Å². The molecule has 1 saturated heterocycles. The van der Waals surface area contributed by atoms with Crippen molar-refractivity contribution in [1.82, 2.24) is 14.6 Å². The molecular formula is C11H19N5O3S. The smallest absolute Gasteiger partial charge is 0.244 e. The molecule has 0 amide bonds. The number of hydrogen-bond donors (Lipinski definition) is 3. The molecule has 0 aliphatic carbocycles. The van der Waals surface area contributed by atoms with Crippen LogP contribution in [0.2, 0.25) is 0 Å². The third-order valence-corrected chi connectivity index (χ3v) is 4.51. The maximum Gasteiger partial charge on any atom is 0.244 e. The van der Waals surface area contributed by atoms with Gasteiger partial charge in [0.15, 0.2) is 5.82 Å². The molecule has 2 rings (SSSR count). The van der Waals surface area contributed by atoms with E-state index in [2.05, 4.69) is 20.0 Å². The Kier molecular flexibility index (Phi) is 5.26. The van der Waals surface area contributed by atoms with Gasteiger partial charge in [0, 0.05) is 32.4 Å². The van der Waals surface area contributed by atoms with Gasteiger partial charge in [0.05, 0.1) is 13.2 Å². The lowest BCUT2D eigenvalue weighted by Gasteiger charge is -2.26. The van der Waals surface area contributed by atoms with Crippen LogP contribution < -0.4 is 16.0 Å². The molecule has 2 heterocycles. The molecule has 4 N–H and O–H groups in total. The number of ether oxygens (including phenoxy) is 1. The summed E-state index contributed by atoms with van der Waals surface area (Å²) in [6, 6.07) is 3.01. The molecule has 1 aromatic rings. The summed E-state index contributed by atoms with van der Waals surface area (Å²) in [5, 5.41) is 0. The zero-order valence-electron chi connectivity index (χ0n) is 11.1. The molecular weight excluding hydrogens is 282 g/mol. The summed E-state index contributed by atoms with van der Waals surface area (Å²) < 4.78 is 32.1. The molecule has 9 heteroatoms. The number of nitrogens with zero attached hydrogens (tertiary/aromatic N) is 2. The van der Waals surface area contributed by atoms with Crippen molar-refractivity contribution in [2.75, 3.05) is 44.8 Å². The number of hydrazine groups is 1. The number of morpholine rings is 1. The molecule has 1 aliphatic rings. The Morgan fingerprint density at radius 2 is 2.15 bits per heavy atom. The summed E-state index contributed by atoms with van der Waals surface area (Å²) in [7, 11) is -3.62. The first-order valence-electron chi connectivity index (χ1n) is 6.35. The second-order valence-electron chi connectivity index (χ2n) is 4.35. The lowest BCUT2D eigenvalue weighted by atomic mass is 10.4. The Balaban J connectivity index is 1.93. The fourth-order valence-electron chi connectivity index (χ4n) is 1.96. The second-order valence-corrected chi connectivity index (χ2v) is 6.08. The zero-order valence-corrected chi connectivity index (χ0v) is 11.9. The van der Waals surface area contributed by atoms with Gasteiger partial charge in [0.2, 0.25) is 10.0 Å². The molecule has 8 nitrogen and oxygen atoms in total. The molecule has 0 spiro atoms. The number of nitrogens with one attached hydrogen (secondary N) is 2. The minimum absolute atomic E-state index is 0.0458. The summed E-state index contributed by atoms with van der Waals surface area (Å²) in [6.07, 6.45) is 1.47. The Morgan fingerprint density at radius 1 is 1.40 bits per heavy atom. The number of rotatable bonds is 6. The van der Waals surface area contributed by atoms with Crippen LogP contribution in [0.3, 0.4) is 0 Å². The third kappa shape index (κ3) is 3.87. The van der Waals surface area contributed by atoms with E-state index in [1.165, 1.54) is 12.3 Å². The molecule has 1 fully saturated rings. The SMILES string of the molecule is NNc1ncccc1S(=O)(=O)NCCN1CCOCC1. The van der Waals surface area contributed by atoms with Crippen molar-refractivity contribution in [1.29, 1.82) is 0 Å². The average Bonchev–Trinajstić information content (AvgIpc) is 2.48. The molecule has 0 radical (unpaired) electrons. The van der Waals surface area contributed by atoms with Crippen LogP contribution in [-0.4, -0.2) is 57.7 Å². The summed E-state index contributed by atoms with van der Waals surface area (Å²) in [5.74, 6) is 5.40. The van der Waals surface area contributed by atoms with E-state index in [1.807, 2.05) is 0 Å². The molecule has 1 aliphatic heterocycles. The highest BCUT2D eigenvalue weighted by Gasteiger charge is 2.19. The average molecular weight is 301 g/mol. The van der Waals surface area contributed by atoms with E-state index >= 15 is 0 Å². The highest BCUT2D eigenvalue weighted by atomic mass is 32.2. The van der Waals surface area contributed by atoms with Crippen molar-refractivity contribution in [3.05, 3.63) is 18.3 Å². The van der Waals surface area contributed by atoms with Crippen LogP contribution >= 0.6 is 0 Å². The summed E-state index contributed by atoms with van der Waals surface area (Å²) in [6.45, 7) is 4.01. The molecule has 1 aromatic heterocycles. The van der Waals surface area contributed by atoms with Crippen LogP contribution in [0.15, 0.2) is 23.2 Å². The van der Waals surface area contributed by atoms with Crippen molar-refractivity contribution in [3.8, 4) is 0 Å². The fourth-order valence-corrected chi connectivity index (χ4v) is 3.10. The predicted molar refractivity (Wildman–Crippen MR) is 74.5 cm³/mol. The van der Waals surface area contributed by atoms with Gasteiger partial charge in [-0.2, -0.15) is 0 Å². The fraction of sp³-hybridized carbons (Fsp3) is 0.545. The maximum atomic E-state index is 12.2. The maximum absolute atomic E-state index is 12.2. The van der Waals surface area contributed by atoms with E-state index in [0.717, 1.165) is 13.1 Å². The van der Waals surface area contributed by atoms with E-state index < -0.39 is 10.0 Å². The summed E-state index contributed by atoms with van der Waals surface area (Å²) in [4.78, 5) is 6.08. The largest absolute Gasteiger partial charge is 0.379 e. The molecule has 0 atom stereocenters. The first-order chi connectivity index (χ1) is 9.63. The first kappa shape index (κ1) is 15.1. The number of nitrogen functional groups attached to an aromatic ring is 1. The van der Waals surface area contributed by atoms with Crippen molar-refractivity contribution >= 4 is 15.8 Å². The van der Waals surface area contributed by atoms with Crippen molar-refractivity contribution < 1.29 is 13.2 Å². The number of hydrogen-bond acceptors (Lipinski definition) is 7. The predicted octanol–water partition coefficient (Wildman–Crippen LogP) is -1.02. The van der Waals surface area contributed by atoms with Gasteiger partial charge in [-0.15, -0.1) is 0 Å². The summed E-state index contributed by atoms with van der Waals surface area (Å²) >= 11 is 0. The molecule has 0 saturated carbocycles. The van der Waals surface area contributed by atoms with E-state index in [1.54, 1.807) is 6.07 Å². The van der Waals surface area contributed by atoms with Crippen LogP contribution in [0.1, 0.15) is 0 Å². The van der Waals surface area contributed by atoms with Gasteiger partial charge < -0.3 is 10.2 Å². The highest BCUT2D eigenvalue weighted by Crippen LogP contribution is 2.16. The highest BCUT2D eigenvalue weighted by molar-refractivity contribution is 7.89. The normalized spacial score (nSPS) is 17.1. The molecule has 0 bridgehead atoms. The number of nitrogens with two attached hydrogens (primary N) is 1. The van der Waals surface area contributed by atoms with E-state index in [9.17, 15) is 8.42 Å². The van der Waals surface area contributed by atoms with Gasteiger partial charge in [0.25, 0.3) is 0 Å². The topological polar surface area (TPSA) is 110 Å². The van der Waals surface area contributed by atoms with E-state index in [-0.39, 0.29) is 10.7 Å². The number of pyridine rings is 1. The molecule has 112 valence electrons. The van der Waals surface area contributed by atoms with Gasteiger partial charge in [-0.05, 0) is 12.1 Å². The van der Waals surface area contributed by atoms with Crippen LogP contribution in [-0.2, 0) is 14.8 Å². The van der Waals surface area contributed by atoms with Gasteiger partial charge >= 0.3 is 0 Å². The Morgan fingerprint density at radius 3 is 2.85 bits per heavy atom. The monoisotopic (exact) mass is 301 g/mol. The second kappa shape index (κ2) is 6.95. The lowest BCUT2D eigenvalue weighted by Crippen LogP contribution is -2.41. The Labute approximate surface area is 118 Å². The number of anilines is 1. The van der Waals surface area contributed by atoms with Gasteiger partial charge in [-0.1, -0.05) is 0 Å². The Hall–Kier alpha value is -1.26. The van der Waals surface area contributed by atoms with E-state index in [4.69, 9.17) is 10.6 Å². The van der Waals surface area contributed by atoms with Crippen molar-refractivity contribution in [2.45, 2.75) is 4.90 Å². The minimum Gasteiger partial charge on any atom is -0.379 e. The van der Waals surface area contributed by atoms with Gasteiger partial charge in [0.1, 0.15) is 4.90 Å². The summed E-state index contributed by atoms with van der Waals surface area (Å²) in [5.41, 5.74) is 2.28. The van der Waals surface area contributed by atoms with Crippen LogP contribution in [0.25, 0.3) is 0 Å². The molecule has 20 heavy (non-hydrogen) atoms. The number of aromatic nitrogens is 1. The van der Waals surface area contributed by atoms with Gasteiger partial charge in [-0.3, -0.25) is 4.90 Å². The van der Waals surface area contributed by atoms with Crippen molar-refractivity contribution in [3.63, 3.8) is 0 Å². The molecule has 0 unspecified atom stereocenters. The van der Waals surface area contributed by atoms with Crippen LogP contribution in [0.4, 0.5) is 5.82 Å².